The molecule has 1 fully saturated rings. The molecule has 0 radical (unpaired) electrons. The van der Waals surface area contributed by atoms with Crippen molar-refractivity contribution in [1.29, 1.82) is 0 Å². The summed E-state index contributed by atoms with van der Waals surface area (Å²) < 4.78 is 13.5. The van der Waals surface area contributed by atoms with Gasteiger partial charge in [-0.2, -0.15) is 0 Å². The number of aliphatic imine (C=N–C) groups is 1. The third-order valence-corrected chi connectivity index (χ3v) is 4.39. The van der Waals surface area contributed by atoms with E-state index in [-0.39, 0.29) is 41.1 Å². The molecule has 146 valence electrons. The quantitative estimate of drug-likeness (QED) is 0.292. The fourth-order valence-electron chi connectivity index (χ4n) is 2.73. The summed E-state index contributed by atoms with van der Waals surface area (Å²) in [6, 6.07) is 6.82. The highest BCUT2D eigenvalue weighted by Gasteiger charge is 2.44. The van der Waals surface area contributed by atoms with Gasteiger partial charge in [-0.1, -0.05) is 19.1 Å². The van der Waals surface area contributed by atoms with Crippen molar-refractivity contribution in [3.05, 3.63) is 35.6 Å². The van der Waals surface area contributed by atoms with Crippen molar-refractivity contribution in [2.45, 2.75) is 44.9 Å². The molecule has 0 spiro atoms. The molecule has 2 rings (SSSR count). The van der Waals surface area contributed by atoms with E-state index in [0.29, 0.717) is 32.0 Å². The zero-order valence-corrected chi connectivity index (χ0v) is 17.9. The van der Waals surface area contributed by atoms with Crippen LogP contribution in [0.1, 0.15) is 45.1 Å². The van der Waals surface area contributed by atoms with Crippen molar-refractivity contribution >= 4 is 35.8 Å². The summed E-state index contributed by atoms with van der Waals surface area (Å²) in [7, 11) is 0. The number of carbonyl (C=O) groups excluding carboxylic acids is 1. The molecule has 0 unspecified atom stereocenters. The van der Waals surface area contributed by atoms with Crippen LogP contribution in [0.5, 0.6) is 0 Å². The van der Waals surface area contributed by atoms with Gasteiger partial charge in [-0.05, 0) is 43.9 Å². The molecule has 1 aromatic carbocycles. The van der Waals surface area contributed by atoms with Gasteiger partial charge in [-0.25, -0.2) is 4.39 Å². The van der Waals surface area contributed by atoms with Crippen LogP contribution in [0.4, 0.5) is 4.39 Å². The summed E-state index contributed by atoms with van der Waals surface area (Å²) in [5.41, 5.74) is 0.981. The van der Waals surface area contributed by atoms with Crippen LogP contribution in [0, 0.1) is 5.82 Å². The minimum absolute atomic E-state index is 0. The number of hydrogen-bond acceptors (Lipinski definition) is 2. The van der Waals surface area contributed by atoms with E-state index in [1.807, 2.05) is 19.9 Å². The largest absolute Gasteiger partial charge is 0.357 e. The van der Waals surface area contributed by atoms with Crippen LogP contribution < -0.4 is 16.0 Å². The molecule has 1 aliphatic rings. The number of halogens is 2. The third kappa shape index (κ3) is 7.09. The fraction of sp³-hybridized carbons (Fsp3) is 0.579. The lowest BCUT2D eigenvalue weighted by Gasteiger charge is -2.16. The molecule has 1 aliphatic carbocycles. The molecule has 1 saturated carbocycles. The number of amides is 1. The predicted octanol–water partition coefficient (Wildman–Crippen LogP) is 2.95. The molecule has 0 aliphatic heterocycles. The van der Waals surface area contributed by atoms with Gasteiger partial charge >= 0.3 is 0 Å². The highest BCUT2D eigenvalue weighted by molar-refractivity contribution is 14.0. The molecule has 3 N–H and O–H groups in total. The second-order valence-electron chi connectivity index (χ2n) is 6.51. The van der Waals surface area contributed by atoms with Crippen LogP contribution in [0.3, 0.4) is 0 Å². The summed E-state index contributed by atoms with van der Waals surface area (Å²) in [4.78, 5) is 16.3. The molecule has 1 aromatic rings. The monoisotopic (exact) mass is 476 g/mol. The van der Waals surface area contributed by atoms with Crippen molar-refractivity contribution in [3.8, 4) is 0 Å². The number of rotatable bonds is 9. The lowest BCUT2D eigenvalue weighted by atomic mass is 9.96. The summed E-state index contributed by atoms with van der Waals surface area (Å²) >= 11 is 0. The Kier molecular flexibility index (Phi) is 9.90. The van der Waals surface area contributed by atoms with Crippen molar-refractivity contribution in [2.24, 2.45) is 4.99 Å². The lowest BCUT2D eigenvalue weighted by Crippen LogP contribution is -2.40. The van der Waals surface area contributed by atoms with Gasteiger partial charge in [0.2, 0.25) is 5.91 Å². The van der Waals surface area contributed by atoms with E-state index in [2.05, 4.69) is 20.9 Å². The Balaban J connectivity index is 0.00000338. The van der Waals surface area contributed by atoms with E-state index in [1.165, 1.54) is 6.07 Å². The van der Waals surface area contributed by atoms with Crippen LogP contribution in [0.15, 0.2) is 29.3 Å². The Morgan fingerprint density at radius 1 is 1.19 bits per heavy atom. The van der Waals surface area contributed by atoms with Crippen molar-refractivity contribution in [1.82, 2.24) is 16.0 Å². The zero-order valence-electron chi connectivity index (χ0n) is 15.6. The number of benzene rings is 1. The molecule has 7 heteroatoms. The van der Waals surface area contributed by atoms with Crippen LogP contribution in [0.2, 0.25) is 0 Å². The standard InChI is InChI=1S/C19H29FN4O.HI/c1-3-11-22-17(25)8-12-23-18(21-4-2)24-14-19(9-10-19)15-6-5-7-16(20)13-15;/h5-7,13H,3-4,8-12,14H2,1-2H3,(H,22,25)(H2,21,23,24);1H. The predicted molar refractivity (Wildman–Crippen MR) is 115 cm³/mol. The molecule has 26 heavy (non-hydrogen) atoms. The number of guanidine groups is 1. The number of hydrogen-bond donors (Lipinski definition) is 3. The molecule has 0 bridgehead atoms. The van der Waals surface area contributed by atoms with Crippen LogP contribution in [0.25, 0.3) is 0 Å². The van der Waals surface area contributed by atoms with E-state index in [1.54, 1.807) is 12.1 Å². The second kappa shape index (κ2) is 11.4. The lowest BCUT2D eigenvalue weighted by molar-refractivity contribution is -0.120. The van der Waals surface area contributed by atoms with Gasteiger partial charge in [0.1, 0.15) is 5.82 Å². The summed E-state index contributed by atoms with van der Waals surface area (Å²) in [6.45, 7) is 6.65. The zero-order chi connectivity index (χ0) is 18.1. The van der Waals surface area contributed by atoms with E-state index in [9.17, 15) is 9.18 Å². The maximum Gasteiger partial charge on any atom is 0.221 e. The van der Waals surface area contributed by atoms with E-state index >= 15 is 0 Å². The number of nitrogens with zero attached hydrogens (tertiary/aromatic N) is 1. The molecular formula is C19H30FIN4O. The van der Waals surface area contributed by atoms with Crippen LogP contribution in [-0.4, -0.2) is 38.0 Å². The first-order valence-electron chi connectivity index (χ1n) is 9.14. The maximum absolute atomic E-state index is 13.5. The minimum atomic E-state index is -0.198. The maximum atomic E-state index is 13.5. The topological polar surface area (TPSA) is 65.5 Å². The highest BCUT2D eigenvalue weighted by Crippen LogP contribution is 2.48. The summed E-state index contributed by atoms with van der Waals surface area (Å²) in [5.74, 6) is 0.549. The third-order valence-electron chi connectivity index (χ3n) is 4.39. The summed E-state index contributed by atoms with van der Waals surface area (Å²) in [6.07, 6.45) is 3.41. The average Bonchev–Trinajstić information content (AvgIpc) is 3.39. The van der Waals surface area contributed by atoms with E-state index in [0.717, 1.165) is 31.4 Å². The smallest absolute Gasteiger partial charge is 0.221 e. The molecule has 0 saturated heterocycles. The van der Waals surface area contributed by atoms with Crippen molar-refractivity contribution < 1.29 is 9.18 Å². The first kappa shape index (κ1) is 22.7. The highest BCUT2D eigenvalue weighted by atomic mass is 127. The normalized spacial score (nSPS) is 15.0. The second-order valence-corrected chi connectivity index (χ2v) is 6.51. The van der Waals surface area contributed by atoms with Crippen molar-refractivity contribution in [2.75, 3.05) is 26.2 Å². The van der Waals surface area contributed by atoms with Crippen LogP contribution in [-0.2, 0) is 10.2 Å². The molecule has 5 nitrogen and oxygen atoms in total. The van der Waals surface area contributed by atoms with Gasteiger partial charge in [0.25, 0.3) is 0 Å². The molecule has 1 amide bonds. The molecule has 0 aromatic heterocycles. The van der Waals surface area contributed by atoms with Gasteiger partial charge in [0.15, 0.2) is 5.96 Å². The van der Waals surface area contributed by atoms with Crippen molar-refractivity contribution in [3.63, 3.8) is 0 Å². The molecular weight excluding hydrogens is 446 g/mol. The average molecular weight is 476 g/mol. The number of nitrogens with one attached hydrogen (secondary N) is 3. The van der Waals surface area contributed by atoms with Gasteiger partial charge < -0.3 is 16.0 Å². The number of carbonyl (C=O) groups is 1. The minimum Gasteiger partial charge on any atom is -0.357 e. The van der Waals surface area contributed by atoms with Gasteiger partial charge in [0, 0.05) is 31.5 Å². The Hall–Kier alpha value is -1.38. The summed E-state index contributed by atoms with van der Waals surface area (Å²) in [5, 5.41) is 9.25. The van der Waals surface area contributed by atoms with E-state index in [4.69, 9.17) is 0 Å². The molecule has 0 heterocycles. The SMILES string of the molecule is CCCNC(=O)CCNC(=NCC1(c2cccc(F)c2)CC1)NCC.I. The molecule has 0 atom stereocenters. The van der Waals surface area contributed by atoms with Gasteiger partial charge in [-0.3, -0.25) is 9.79 Å². The van der Waals surface area contributed by atoms with Gasteiger partial charge in [-0.15, -0.1) is 24.0 Å². The Labute approximate surface area is 172 Å². The van der Waals surface area contributed by atoms with Crippen LogP contribution >= 0.6 is 24.0 Å². The first-order valence-corrected chi connectivity index (χ1v) is 9.14. The Morgan fingerprint density at radius 2 is 1.96 bits per heavy atom. The van der Waals surface area contributed by atoms with Gasteiger partial charge in [0.05, 0.1) is 6.54 Å². The Morgan fingerprint density at radius 3 is 2.58 bits per heavy atom. The Bertz CT molecular complexity index is 605. The van der Waals surface area contributed by atoms with E-state index < -0.39 is 0 Å². The first-order chi connectivity index (χ1) is 12.1. The fourth-order valence-corrected chi connectivity index (χ4v) is 2.73.